The summed E-state index contributed by atoms with van der Waals surface area (Å²) < 4.78 is 5.96. The second-order valence-electron chi connectivity index (χ2n) is 13.0. The summed E-state index contributed by atoms with van der Waals surface area (Å²) in [5.74, 6) is 0.838. The van der Waals surface area contributed by atoms with Gasteiger partial charge in [0.2, 0.25) is 11.8 Å². The Bertz CT molecular complexity index is 1500. The Morgan fingerprint density at radius 1 is 1.00 bits per heavy atom. The molecule has 0 aliphatic carbocycles. The number of nitrogens with zero attached hydrogens (tertiary/aromatic N) is 2. The predicted molar refractivity (Wildman–Crippen MR) is 178 cm³/mol. The Balaban J connectivity index is 1.22. The first-order valence-corrected chi connectivity index (χ1v) is 16.3. The molecule has 2 aliphatic heterocycles. The average molecular weight is 627 g/mol. The number of nitrogens with one attached hydrogen (secondary N) is 2. The van der Waals surface area contributed by atoms with Gasteiger partial charge in [-0.15, -0.1) is 0 Å². The fraction of sp³-hybridized carbons (Fsp3) is 0.432. The van der Waals surface area contributed by atoms with Crippen molar-refractivity contribution in [2.45, 2.75) is 76.1 Å². The topological polar surface area (TPSA) is 111 Å². The van der Waals surface area contributed by atoms with Crippen LogP contribution in [0.2, 0.25) is 0 Å². The van der Waals surface area contributed by atoms with Crippen molar-refractivity contribution in [2.24, 2.45) is 0 Å². The van der Waals surface area contributed by atoms with Gasteiger partial charge in [-0.1, -0.05) is 69.7 Å². The number of aliphatic hydroxyl groups excluding tert-OH is 1. The number of piperidine rings is 1. The Morgan fingerprint density at radius 3 is 2.20 bits per heavy atom. The van der Waals surface area contributed by atoms with E-state index in [0.29, 0.717) is 56.1 Å². The summed E-state index contributed by atoms with van der Waals surface area (Å²) in [5, 5.41) is 17.1. The molecular formula is C37H46N4O5. The van der Waals surface area contributed by atoms with Crippen LogP contribution in [0.3, 0.4) is 0 Å². The van der Waals surface area contributed by atoms with Crippen molar-refractivity contribution in [3.05, 3.63) is 95.6 Å². The van der Waals surface area contributed by atoms with E-state index in [1.54, 1.807) is 36.2 Å². The zero-order valence-electron chi connectivity index (χ0n) is 27.3. The molecule has 46 heavy (non-hydrogen) atoms. The van der Waals surface area contributed by atoms with E-state index in [4.69, 9.17) is 4.74 Å². The number of carbonyl (C=O) groups is 3. The molecule has 9 nitrogen and oxygen atoms in total. The number of rotatable bonds is 11. The Kier molecular flexibility index (Phi) is 10.1. The third-order valence-corrected chi connectivity index (χ3v) is 9.66. The highest BCUT2D eigenvalue weighted by molar-refractivity contribution is 6.00. The van der Waals surface area contributed by atoms with E-state index in [2.05, 4.69) is 22.5 Å². The summed E-state index contributed by atoms with van der Waals surface area (Å²) in [6.07, 6.45) is 1.68. The Labute approximate surface area is 271 Å². The van der Waals surface area contributed by atoms with E-state index in [1.807, 2.05) is 68.4 Å². The quantitative estimate of drug-likeness (QED) is 0.286. The summed E-state index contributed by atoms with van der Waals surface area (Å²) in [6.45, 7) is 8.45. The molecule has 9 heteroatoms. The van der Waals surface area contributed by atoms with Gasteiger partial charge in [0, 0.05) is 44.2 Å². The smallest absolute Gasteiger partial charge is 0.251 e. The van der Waals surface area contributed by atoms with Crippen LogP contribution in [-0.2, 0) is 21.5 Å². The van der Waals surface area contributed by atoms with E-state index < -0.39 is 23.1 Å². The molecule has 0 bridgehead atoms. The van der Waals surface area contributed by atoms with E-state index >= 15 is 0 Å². The summed E-state index contributed by atoms with van der Waals surface area (Å²) in [5.41, 5.74) is 0.949. The number of hydrogen-bond donors (Lipinski definition) is 3. The predicted octanol–water partition coefficient (Wildman–Crippen LogP) is 4.64. The van der Waals surface area contributed by atoms with E-state index in [1.165, 1.54) is 0 Å². The lowest BCUT2D eigenvalue weighted by Crippen LogP contribution is -2.75. The highest BCUT2D eigenvalue weighted by Gasteiger charge is 2.56. The van der Waals surface area contributed by atoms with E-state index in [-0.39, 0.29) is 17.7 Å². The maximum Gasteiger partial charge on any atom is 0.251 e. The van der Waals surface area contributed by atoms with Gasteiger partial charge in [-0.2, -0.15) is 0 Å². The van der Waals surface area contributed by atoms with Gasteiger partial charge < -0.3 is 25.4 Å². The molecule has 244 valence electrons. The second-order valence-corrected chi connectivity index (χ2v) is 13.0. The molecule has 0 radical (unpaired) electrons. The van der Waals surface area contributed by atoms with Crippen molar-refractivity contribution in [1.29, 1.82) is 0 Å². The van der Waals surface area contributed by atoms with Crippen molar-refractivity contribution in [1.82, 2.24) is 20.4 Å². The molecule has 2 aliphatic rings. The molecule has 0 unspecified atom stereocenters. The van der Waals surface area contributed by atoms with Gasteiger partial charge >= 0.3 is 0 Å². The van der Waals surface area contributed by atoms with E-state index in [0.717, 1.165) is 24.0 Å². The first kappa shape index (κ1) is 33.2. The Morgan fingerprint density at radius 2 is 1.61 bits per heavy atom. The molecule has 0 aromatic heterocycles. The van der Waals surface area contributed by atoms with Crippen LogP contribution < -0.4 is 15.4 Å². The van der Waals surface area contributed by atoms with Gasteiger partial charge in [0.25, 0.3) is 5.91 Å². The fourth-order valence-electron chi connectivity index (χ4n) is 6.60. The van der Waals surface area contributed by atoms with Crippen molar-refractivity contribution in [3.63, 3.8) is 0 Å². The maximum atomic E-state index is 14.1. The molecule has 3 N–H and O–H groups in total. The first-order valence-electron chi connectivity index (χ1n) is 16.3. The number of carbonyl (C=O) groups excluding carboxylic acids is 3. The van der Waals surface area contributed by atoms with Crippen LogP contribution in [0, 0.1) is 0 Å². The standard InChI is InChI=1S/C37H46N4O5/c1-5-6-22-41-34(44)31(32(42)36(2,3)28-10-8-7-9-11-28)39-35(45)37(41)20-23-40(24-21-37)25-26-12-16-29(17-13-26)46-30-18-14-27(15-19-30)33(43)38-4/h7-19,31-32,42H,5-6,20-25H2,1-4H3,(H,38,43)(H,39,45)/t31-,32+/m1/s1. The van der Waals surface area contributed by atoms with Crippen molar-refractivity contribution in [3.8, 4) is 11.5 Å². The number of hydrogen-bond acceptors (Lipinski definition) is 6. The number of ether oxygens (including phenoxy) is 1. The molecule has 2 saturated heterocycles. The zero-order chi connectivity index (χ0) is 32.9. The lowest BCUT2D eigenvalue weighted by atomic mass is 9.74. The lowest BCUT2D eigenvalue weighted by molar-refractivity contribution is -0.166. The van der Waals surface area contributed by atoms with Crippen LogP contribution >= 0.6 is 0 Å². The molecule has 3 aromatic rings. The van der Waals surface area contributed by atoms with Gasteiger partial charge in [0.05, 0.1) is 6.10 Å². The molecular weight excluding hydrogens is 580 g/mol. The third kappa shape index (κ3) is 6.81. The number of aliphatic hydroxyl groups is 1. The van der Waals surface area contributed by atoms with Gasteiger partial charge in [0.15, 0.2) is 0 Å². The monoisotopic (exact) mass is 626 g/mol. The van der Waals surface area contributed by atoms with Crippen LogP contribution in [-0.4, -0.2) is 77.0 Å². The van der Waals surface area contributed by atoms with Crippen molar-refractivity contribution in [2.75, 3.05) is 26.7 Å². The number of unbranched alkanes of at least 4 members (excludes halogenated alkanes) is 1. The number of amides is 3. The molecule has 3 aromatic carbocycles. The van der Waals surface area contributed by atoms with Crippen molar-refractivity contribution < 1.29 is 24.2 Å². The van der Waals surface area contributed by atoms with Crippen LogP contribution in [0.1, 0.15) is 67.9 Å². The van der Waals surface area contributed by atoms with Crippen LogP contribution in [0.15, 0.2) is 78.9 Å². The van der Waals surface area contributed by atoms with Gasteiger partial charge in [-0.05, 0) is 66.8 Å². The summed E-state index contributed by atoms with van der Waals surface area (Å²) >= 11 is 0. The molecule has 2 fully saturated rings. The number of piperazine rings is 1. The normalized spacial score (nSPS) is 19.1. The van der Waals surface area contributed by atoms with Crippen LogP contribution in [0.5, 0.6) is 11.5 Å². The summed E-state index contributed by atoms with van der Waals surface area (Å²) in [4.78, 5) is 43.9. The van der Waals surface area contributed by atoms with Gasteiger partial charge in [-0.3, -0.25) is 19.3 Å². The number of likely N-dealkylation sites (tertiary alicyclic amines) is 1. The zero-order valence-corrected chi connectivity index (χ0v) is 27.3. The average Bonchev–Trinajstić information content (AvgIpc) is 3.08. The maximum absolute atomic E-state index is 14.1. The lowest BCUT2D eigenvalue weighted by Gasteiger charge is -2.53. The third-order valence-electron chi connectivity index (χ3n) is 9.66. The molecule has 3 amide bonds. The Hall–Kier alpha value is -4.21. The van der Waals surface area contributed by atoms with Crippen LogP contribution in [0.4, 0.5) is 0 Å². The van der Waals surface area contributed by atoms with Gasteiger partial charge in [-0.25, -0.2) is 0 Å². The highest BCUT2D eigenvalue weighted by atomic mass is 16.5. The molecule has 1 spiro atoms. The summed E-state index contributed by atoms with van der Waals surface area (Å²) in [6, 6.07) is 23.5. The van der Waals surface area contributed by atoms with Crippen LogP contribution in [0.25, 0.3) is 0 Å². The highest BCUT2D eigenvalue weighted by Crippen LogP contribution is 2.37. The minimum absolute atomic E-state index is 0.144. The van der Waals surface area contributed by atoms with Gasteiger partial charge in [0.1, 0.15) is 23.1 Å². The fourth-order valence-corrected chi connectivity index (χ4v) is 6.60. The summed E-state index contributed by atoms with van der Waals surface area (Å²) in [7, 11) is 1.60. The van der Waals surface area contributed by atoms with Crippen molar-refractivity contribution >= 4 is 17.7 Å². The first-order chi connectivity index (χ1) is 22.1. The second kappa shape index (κ2) is 14.1. The molecule has 0 saturated carbocycles. The largest absolute Gasteiger partial charge is 0.457 e. The van der Waals surface area contributed by atoms with E-state index in [9.17, 15) is 19.5 Å². The molecule has 2 atom stereocenters. The molecule has 5 rings (SSSR count). The minimum atomic E-state index is -1.08. The SMILES string of the molecule is CCCCN1C(=O)[C@@H]([C@H](O)C(C)(C)c2ccccc2)NC(=O)C12CCN(Cc1ccc(Oc3ccc(C(=O)NC)cc3)cc1)CC2. The minimum Gasteiger partial charge on any atom is -0.457 e. The number of benzene rings is 3. The molecule has 2 heterocycles.